The van der Waals surface area contributed by atoms with E-state index in [2.05, 4.69) is 0 Å². The van der Waals surface area contributed by atoms with E-state index in [9.17, 15) is 10.2 Å². The van der Waals surface area contributed by atoms with Crippen LogP contribution in [0.15, 0.2) is 23.7 Å². The molecule has 0 saturated heterocycles. The molecule has 2 N–H and O–H groups in total. The Morgan fingerprint density at radius 1 is 1.33 bits per heavy atom. The van der Waals surface area contributed by atoms with Gasteiger partial charge in [-0.25, -0.2) is 0 Å². The molecule has 2 rings (SSSR count). The Balaban J connectivity index is 0.000000720. The Morgan fingerprint density at radius 3 is 2.75 bits per heavy atom. The van der Waals surface area contributed by atoms with Gasteiger partial charge < -0.3 is 22.6 Å². The molecule has 0 aliphatic carbocycles. The second-order valence-electron chi connectivity index (χ2n) is 2.16. The lowest BCUT2D eigenvalue weighted by atomic mass is 10.4. The highest BCUT2D eigenvalue weighted by Crippen LogP contribution is 2.21. The van der Waals surface area contributed by atoms with Gasteiger partial charge in [0.25, 0.3) is 0 Å². The van der Waals surface area contributed by atoms with E-state index >= 15 is 0 Å². The summed E-state index contributed by atoms with van der Waals surface area (Å²) in [6.07, 6.45) is 1.70. The number of rotatable bonds is 0. The molecule has 2 heterocycles. The molecule has 0 spiro atoms. The minimum Gasteiger partial charge on any atom is -1.00 e. The Kier molecular flexibility index (Phi) is 2.40. The van der Waals surface area contributed by atoms with Crippen molar-refractivity contribution in [2.45, 2.75) is 0 Å². The average molecular weight is 204 g/mol. The maximum absolute atomic E-state index is 9.26. The quantitative estimate of drug-likeness (QED) is 0.482. The van der Waals surface area contributed by atoms with E-state index in [-0.39, 0.29) is 24.0 Å². The van der Waals surface area contributed by atoms with Crippen LogP contribution in [0.25, 0.3) is 4.83 Å². The smallest absolute Gasteiger partial charge is 0.382 e. The third-order valence-corrected chi connectivity index (χ3v) is 2.41. The normalized spacial score (nSPS) is 9.67. The van der Waals surface area contributed by atoms with Crippen molar-refractivity contribution in [3.63, 3.8) is 0 Å². The molecule has 0 aliphatic heterocycles. The summed E-state index contributed by atoms with van der Waals surface area (Å²) < 4.78 is 1.53. The van der Waals surface area contributed by atoms with Gasteiger partial charge in [0.1, 0.15) is 5.38 Å². The van der Waals surface area contributed by atoms with Crippen molar-refractivity contribution in [3.05, 3.63) is 23.7 Å². The molecule has 0 bridgehead atoms. The van der Waals surface area contributed by atoms with E-state index in [0.29, 0.717) is 4.83 Å². The van der Waals surface area contributed by atoms with Crippen molar-refractivity contribution >= 4 is 16.2 Å². The predicted molar refractivity (Wildman–Crippen MR) is 40.8 cm³/mol. The van der Waals surface area contributed by atoms with Crippen LogP contribution in [0.5, 0.6) is 11.6 Å². The van der Waals surface area contributed by atoms with Gasteiger partial charge in [-0.15, -0.1) is 4.40 Å². The lowest BCUT2D eigenvalue weighted by molar-refractivity contribution is -0.518. The van der Waals surface area contributed by atoms with E-state index in [4.69, 9.17) is 0 Å². The molecule has 12 heavy (non-hydrogen) atoms. The van der Waals surface area contributed by atoms with Gasteiger partial charge in [-0.2, -0.15) is 0 Å². The molecule has 0 fully saturated rings. The van der Waals surface area contributed by atoms with Gasteiger partial charge in [0.15, 0.2) is 6.20 Å². The van der Waals surface area contributed by atoms with Gasteiger partial charge in [-0.1, -0.05) is 11.3 Å². The number of fused-ring (bicyclic) bond motifs is 1. The number of thiazole rings is 1. The van der Waals surface area contributed by atoms with Crippen LogP contribution < -0.4 is 16.8 Å². The van der Waals surface area contributed by atoms with Crippen molar-refractivity contribution < 1.29 is 27.0 Å². The maximum atomic E-state index is 9.26. The molecule has 2 aromatic heterocycles. The van der Waals surface area contributed by atoms with Crippen molar-refractivity contribution in [3.8, 4) is 11.6 Å². The summed E-state index contributed by atoms with van der Waals surface area (Å²) in [6, 6.07) is 3.26. The minimum absolute atomic E-state index is 0. The molecular formula is C7H6ClNO2S. The molecule has 3 nitrogen and oxygen atoms in total. The molecule has 0 amide bonds. The van der Waals surface area contributed by atoms with Crippen molar-refractivity contribution in [2.75, 3.05) is 0 Å². The lowest BCUT2D eigenvalue weighted by Crippen LogP contribution is -3.00. The van der Waals surface area contributed by atoms with E-state index < -0.39 is 0 Å². The van der Waals surface area contributed by atoms with Crippen LogP contribution in [0, 0.1) is 0 Å². The van der Waals surface area contributed by atoms with Crippen LogP contribution in [0.3, 0.4) is 0 Å². The Morgan fingerprint density at radius 2 is 2.08 bits per heavy atom. The van der Waals surface area contributed by atoms with Crippen molar-refractivity contribution in [1.29, 1.82) is 0 Å². The van der Waals surface area contributed by atoms with Crippen LogP contribution in [-0.4, -0.2) is 10.2 Å². The first-order valence-electron chi connectivity index (χ1n) is 3.09. The fourth-order valence-electron chi connectivity index (χ4n) is 0.946. The number of nitrogens with zero attached hydrogens (tertiary/aromatic N) is 1. The molecule has 2 aromatic rings. The highest BCUT2D eigenvalue weighted by Gasteiger charge is 2.13. The first kappa shape index (κ1) is 9.09. The summed E-state index contributed by atoms with van der Waals surface area (Å²) in [6.45, 7) is 0. The zero-order chi connectivity index (χ0) is 7.84. The molecular weight excluding hydrogens is 198 g/mol. The van der Waals surface area contributed by atoms with Crippen LogP contribution in [-0.2, 0) is 0 Å². The average Bonchev–Trinajstić information content (AvgIpc) is 2.35. The molecule has 0 atom stereocenters. The van der Waals surface area contributed by atoms with Crippen LogP contribution in [0.1, 0.15) is 0 Å². The van der Waals surface area contributed by atoms with E-state index in [1.165, 1.54) is 15.7 Å². The third-order valence-electron chi connectivity index (χ3n) is 1.45. The molecule has 0 saturated carbocycles. The Labute approximate surface area is 78.9 Å². The highest BCUT2D eigenvalue weighted by molar-refractivity contribution is 7.15. The largest absolute Gasteiger partial charge is 1.00 e. The van der Waals surface area contributed by atoms with Crippen LogP contribution >= 0.6 is 11.3 Å². The number of hydrogen-bond donors (Lipinski definition) is 2. The van der Waals surface area contributed by atoms with Gasteiger partial charge >= 0.3 is 10.7 Å². The second kappa shape index (κ2) is 3.16. The molecule has 0 radical (unpaired) electrons. The number of halogens is 1. The van der Waals surface area contributed by atoms with Gasteiger partial charge in [0.2, 0.25) is 5.75 Å². The second-order valence-corrected chi connectivity index (χ2v) is 3.02. The zero-order valence-corrected chi connectivity index (χ0v) is 7.51. The number of hydrogen-bond acceptors (Lipinski definition) is 3. The van der Waals surface area contributed by atoms with E-state index in [1.807, 2.05) is 0 Å². The summed E-state index contributed by atoms with van der Waals surface area (Å²) in [5.41, 5.74) is 0. The molecule has 0 aromatic carbocycles. The molecule has 64 valence electrons. The summed E-state index contributed by atoms with van der Waals surface area (Å²) in [7, 11) is 0. The monoisotopic (exact) mass is 203 g/mol. The Hall–Kier alpha value is -1.00. The SMILES string of the molecule is Oc1ccc[n+]2c(O)csc12.[Cl-]. The fourth-order valence-corrected chi connectivity index (χ4v) is 1.73. The van der Waals surface area contributed by atoms with Crippen molar-refractivity contribution in [1.82, 2.24) is 0 Å². The summed E-state index contributed by atoms with van der Waals surface area (Å²) in [4.78, 5) is 0.657. The van der Waals surface area contributed by atoms with Gasteiger partial charge in [0, 0.05) is 6.07 Å². The number of aromatic hydroxyl groups is 2. The highest BCUT2D eigenvalue weighted by atomic mass is 35.5. The van der Waals surface area contributed by atoms with Gasteiger partial charge in [-0.05, 0) is 6.07 Å². The topological polar surface area (TPSA) is 44.6 Å². The summed E-state index contributed by atoms with van der Waals surface area (Å²) >= 11 is 1.30. The fraction of sp³-hybridized carbons (Fsp3) is 0. The lowest BCUT2D eigenvalue weighted by Gasteiger charge is -1.85. The summed E-state index contributed by atoms with van der Waals surface area (Å²) in [5, 5.41) is 20.0. The number of aromatic nitrogens is 1. The van der Waals surface area contributed by atoms with Gasteiger partial charge in [0.05, 0.1) is 0 Å². The third kappa shape index (κ3) is 1.19. The summed E-state index contributed by atoms with van der Waals surface area (Å²) in [5.74, 6) is 0.346. The van der Waals surface area contributed by atoms with E-state index in [1.54, 1.807) is 23.7 Å². The number of pyridine rings is 1. The van der Waals surface area contributed by atoms with Gasteiger partial charge in [-0.3, -0.25) is 0 Å². The standard InChI is InChI=1S/C7H5NO2S.ClH/c9-5-2-1-3-8-6(10)4-11-7(5)8;/h1-4H,(H-,9,10);1H. The minimum atomic E-state index is 0. The molecule has 5 heteroatoms. The first-order valence-corrected chi connectivity index (χ1v) is 3.97. The molecule has 0 aliphatic rings. The maximum Gasteiger partial charge on any atom is 0.382 e. The zero-order valence-electron chi connectivity index (χ0n) is 5.94. The van der Waals surface area contributed by atoms with E-state index in [0.717, 1.165) is 0 Å². The van der Waals surface area contributed by atoms with Crippen LogP contribution in [0.4, 0.5) is 0 Å². The van der Waals surface area contributed by atoms with Crippen molar-refractivity contribution in [2.24, 2.45) is 0 Å². The predicted octanol–water partition coefficient (Wildman–Crippen LogP) is -2.10. The molecule has 0 unspecified atom stereocenters. The first-order chi connectivity index (χ1) is 5.29. The Bertz CT molecular complexity index is 401. The van der Waals surface area contributed by atoms with Crippen LogP contribution in [0.2, 0.25) is 0 Å².